The van der Waals surface area contributed by atoms with Gasteiger partial charge in [0.2, 0.25) is 5.91 Å². The summed E-state index contributed by atoms with van der Waals surface area (Å²) in [7, 11) is 0. The normalized spacial score (nSPS) is 17.0. The number of amides is 1. The van der Waals surface area contributed by atoms with Gasteiger partial charge in [0.1, 0.15) is 0 Å². The van der Waals surface area contributed by atoms with Gasteiger partial charge in [-0.2, -0.15) is 0 Å². The Labute approximate surface area is 140 Å². The first-order valence-corrected chi connectivity index (χ1v) is 8.82. The van der Waals surface area contributed by atoms with Crippen LogP contribution in [-0.4, -0.2) is 25.6 Å². The van der Waals surface area contributed by atoms with Crippen LogP contribution in [0, 0.1) is 11.8 Å². The molecule has 4 heteroatoms. The van der Waals surface area contributed by atoms with Crippen LogP contribution < -0.4 is 10.6 Å². The van der Waals surface area contributed by atoms with Gasteiger partial charge in [-0.15, -0.1) is 0 Å². The maximum Gasteiger partial charge on any atom is 0.220 e. The predicted octanol–water partition coefficient (Wildman–Crippen LogP) is 2.87. The first kappa shape index (κ1) is 18.0. The highest BCUT2D eigenvalue weighted by Crippen LogP contribution is 2.24. The SMILES string of the molecule is CCOCc1ccc(CNC(=O)CC(C)C2CCNCC2)cc1. The van der Waals surface area contributed by atoms with Crippen LogP contribution in [-0.2, 0) is 22.7 Å². The Bertz CT molecular complexity index is 467. The van der Waals surface area contributed by atoms with E-state index in [4.69, 9.17) is 4.74 Å². The molecule has 4 nitrogen and oxygen atoms in total. The van der Waals surface area contributed by atoms with Gasteiger partial charge in [-0.1, -0.05) is 31.2 Å². The largest absolute Gasteiger partial charge is 0.377 e. The van der Waals surface area contributed by atoms with Crippen LogP contribution in [0.4, 0.5) is 0 Å². The van der Waals surface area contributed by atoms with Gasteiger partial charge in [-0.3, -0.25) is 4.79 Å². The summed E-state index contributed by atoms with van der Waals surface area (Å²) in [5.41, 5.74) is 2.30. The summed E-state index contributed by atoms with van der Waals surface area (Å²) < 4.78 is 5.38. The van der Waals surface area contributed by atoms with Crippen molar-refractivity contribution in [1.29, 1.82) is 0 Å². The zero-order valence-electron chi connectivity index (χ0n) is 14.4. The van der Waals surface area contributed by atoms with Crippen LogP contribution >= 0.6 is 0 Å². The number of carbonyl (C=O) groups excluding carboxylic acids is 1. The van der Waals surface area contributed by atoms with Crippen molar-refractivity contribution in [2.45, 2.75) is 46.3 Å². The highest BCUT2D eigenvalue weighted by molar-refractivity contribution is 5.76. The molecular formula is C19H30N2O2. The summed E-state index contributed by atoms with van der Waals surface area (Å²) in [5.74, 6) is 1.31. The van der Waals surface area contributed by atoms with Crippen LogP contribution in [0.25, 0.3) is 0 Å². The van der Waals surface area contributed by atoms with E-state index >= 15 is 0 Å². The lowest BCUT2D eigenvalue weighted by atomic mass is 9.84. The first-order chi connectivity index (χ1) is 11.2. The molecule has 2 N–H and O–H groups in total. The lowest BCUT2D eigenvalue weighted by molar-refractivity contribution is -0.122. The third-order valence-corrected chi connectivity index (χ3v) is 4.68. The fourth-order valence-electron chi connectivity index (χ4n) is 3.12. The molecule has 128 valence electrons. The zero-order valence-corrected chi connectivity index (χ0v) is 14.4. The second-order valence-corrected chi connectivity index (χ2v) is 6.50. The molecule has 1 aliphatic heterocycles. The summed E-state index contributed by atoms with van der Waals surface area (Å²) in [4.78, 5) is 12.1. The highest BCUT2D eigenvalue weighted by Gasteiger charge is 2.21. The van der Waals surface area contributed by atoms with Crippen molar-refractivity contribution in [2.24, 2.45) is 11.8 Å². The number of hydrogen-bond acceptors (Lipinski definition) is 3. The Kier molecular flexibility index (Phi) is 7.56. The van der Waals surface area contributed by atoms with Crippen molar-refractivity contribution in [3.05, 3.63) is 35.4 Å². The molecule has 23 heavy (non-hydrogen) atoms. The number of carbonyl (C=O) groups is 1. The van der Waals surface area contributed by atoms with E-state index < -0.39 is 0 Å². The quantitative estimate of drug-likeness (QED) is 0.775. The molecule has 1 saturated heterocycles. The molecule has 1 atom stereocenters. The minimum absolute atomic E-state index is 0.162. The van der Waals surface area contributed by atoms with E-state index in [1.165, 1.54) is 18.4 Å². The van der Waals surface area contributed by atoms with E-state index in [9.17, 15) is 4.79 Å². The minimum Gasteiger partial charge on any atom is -0.377 e. The molecule has 0 saturated carbocycles. The molecule has 2 rings (SSSR count). The second-order valence-electron chi connectivity index (χ2n) is 6.50. The van der Waals surface area contributed by atoms with E-state index in [1.807, 2.05) is 6.92 Å². The molecule has 1 aromatic rings. The van der Waals surface area contributed by atoms with Crippen LogP contribution in [0.1, 0.15) is 44.2 Å². The van der Waals surface area contributed by atoms with E-state index in [1.54, 1.807) is 0 Å². The fraction of sp³-hybridized carbons (Fsp3) is 0.632. The van der Waals surface area contributed by atoms with Crippen molar-refractivity contribution >= 4 is 5.91 Å². The number of ether oxygens (including phenoxy) is 1. The Hall–Kier alpha value is -1.39. The summed E-state index contributed by atoms with van der Waals surface area (Å²) in [6.07, 6.45) is 3.01. The molecule has 1 fully saturated rings. The van der Waals surface area contributed by atoms with Crippen molar-refractivity contribution in [3.8, 4) is 0 Å². The van der Waals surface area contributed by atoms with Gasteiger partial charge in [-0.05, 0) is 55.8 Å². The Balaban J connectivity index is 1.71. The number of benzene rings is 1. The number of piperidine rings is 1. The van der Waals surface area contributed by atoms with E-state index in [0.29, 0.717) is 31.4 Å². The molecule has 1 aromatic carbocycles. The van der Waals surface area contributed by atoms with E-state index in [2.05, 4.69) is 41.8 Å². The minimum atomic E-state index is 0.162. The predicted molar refractivity (Wildman–Crippen MR) is 93.0 cm³/mol. The summed E-state index contributed by atoms with van der Waals surface area (Å²) in [5, 5.41) is 6.42. The molecule has 0 aliphatic carbocycles. The summed E-state index contributed by atoms with van der Waals surface area (Å²) in [6, 6.07) is 8.25. The Morgan fingerprint density at radius 2 is 1.91 bits per heavy atom. The maximum absolute atomic E-state index is 12.1. The van der Waals surface area contributed by atoms with Gasteiger partial charge >= 0.3 is 0 Å². The molecule has 0 aromatic heterocycles. The molecule has 1 amide bonds. The van der Waals surface area contributed by atoms with Crippen molar-refractivity contribution < 1.29 is 9.53 Å². The second kappa shape index (κ2) is 9.68. The van der Waals surface area contributed by atoms with E-state index in [0.717, 1.165) is 25.3 Å². The van der Waals surface area contributed by atoms with Crippen molar-refractivity contribution in [1.82, 2.24) is 10.6 Å². The highest BCUT2D eigenvalue weighted by atomic mass is 16.5. The maximum atomic E-state index is 12.1. The van der Waals surface area contributed by atoms with Crippen LogP contribution in [0.3, 0.4) is 0 Å². The molecule has 0 bridgehead atoms. The number of nitrogens with one attached hydrogen (secondary N) is 2. The smallest absolute Gasteiger partial charge is 0.220 e. The van der Waals surface area contributed by atoms with Crippen molar-refractivity contribution in [3.63, 3.8) is 0 Å². The molecule has 0 radical (unpaired) electrons. The monoisotopic (exact) mass is 318 g/mol. The lowest BCUT2D eigenvalue weighted by Gasteiger charge is -2.27. The van der Waals surface area contributed by atoms with Crippen LogP contribution in [0.5, 0.6) is 0 Å². The van der Waals surface area contributed by atoms with E-state index in [-0.39, 0.29) is 5.91 Å². The van der Waals surface area contributed by atoms with Crippen LogP contribution in [0.2, 0.25) is 0 Å². The lowest BCUT2D eigenvalue weighted by Crippen LogP contribution is -2.33. The molecule has 1 unspecified atom stereocenters. The fourth-order valence-corrected chi connectivity index (χ4v) is 3.12. The van der Waals surface area contributed by atoms with Gasteiger partial charge in [0.25, 0.3) is 0 Å². The number of hydrogen-bond donors (Lipinski definition) is 2. The average Bonchev–Trinajstić information content (AvgIpc) is 2.59. The van der Waals surface area contributed by atoms with Gasteiger partial charge in [0, 0.05) is 19.6 Å². The van der Waals surface area contributed by atoms with Crippen molar-refractivity contribution in [2.75, 3.05) is 19.7 Å². The molecule has 1 aliphatic rings. The Morgan fingerprint density at radius 3 is 2.57 bits per heavy atom. The zero-order chi connectivity index (χ0) is 16.5. The third kappa shape index (κ3) is 6.32. The third-order valence-electron chi connectivity index (χ3n) is 4.68. The molecule has 1 heterocycles. The first-order valence-electron chi connectivity index (χ1n) is 8.82. The topological polar surface area (TPSA) is 50.4 Å². The van der Waals surface area contributed by atoms with Gasteiger partial charge in [-0.25, -0.2) is 0 Å². The standard InChI is InChI=1S/C19H30N2O2/c1-3-23-14-17-6-4-16(5-7-17)13-21-19(22)12-15(2)18-8-10-20-11-9-18/h4-7,15,18,20H,3,8-14H2,1-2H3,(H,21,22). The van der Waals surface area contributed by atoms with Gasteiger partial charge in [0.05, 0.1) is 6.61 Å². The Morgan fingerprint density at radius 1 is 1.26 bits per heavy atom. The number of rotatable bonds is 8. The summed E-state index contributed by atoms with van der Waals surface area (Å²) >= 11 is 0. The molecular weight excluding hydrogens is 288 g/mol. The van der Waals surface area contributed by atoms with Crippen LogP contribution in [0.15, 0.2) is 24.3 Å². The van der Waals surface area contributed by atoms with Gasteiger partial charge < -0.3 is 15.4 Å². The summed E-state index contributed by atoms with van der Waals surface area (Å²) in [6.45, 7) is 8.36. The van der Waals surface area contributed by atoms with Gasteiger partial charge in [0.15, 0.2) is 0 Å². The average molecular weight is 318 g/mol. The molecule has 0 spiro atoms.